The maximum Gasteiger partial charge on any atom is 0.103 e. The molecular weight excluding hydrogens is 180 g/mol. The van der Waals surface area contributed by atoms with Gasteiger partial charge in [0.05, 0.1) is 0 Å². The van der Waals surface area contributed by atoms with Crippen molar-refractivity contribution in [2.24, 2.45) is 5.73 Å². The Bertz CT molecular complexity index is 360. The molecular formula is C10H10N2S. The van der Waals surface area contributed by atoms with E-state index in [2.05, 4.69) is 11.1 Å². The minimum atomic E-state index is 0.231. The number of hydrogen-bond donors (Lipinski definition) is 1. The molecule has 2 nitrogen and oxygen atoms in total. The van der Waals surface area contributed by atoms with Gasteiger partial charge in [0.15, 0.2) is 0 Å². The lowest BCUT2D eigenvalue weighted by Crippen LogP contribution is -1.96. The van der Waals surface area contributed by atoms with Gasteiger partial charge in [0.1, 0.15) is 5.01 Å². The van der Waals surface area contributed by atoms with Gasteiger partial charge < -0.3 is 5.73 Å². The molecule has 1 aromatic rings. The number of hydrogen-bond acceptors (Lipinski definition) is 3. The Kier molecular flexibility index (Phi) is 2.27. The summed E-state index contributed by atoms with van der Waals surface area (Å²) in [5.41, 5.74) is 6.54. The highest BCUT2D eigenvalue weighted by Gasteiger charge is 2.08. The van der Waals surface area contributed by atoms with Crippen LogP contribution in [0.5, 0.6) is 0 Å². The summed E-state index contributed by atoms with van der Waals surface area (Å²) in [4.78, 5) is 4.26. The highest BCUT2D eigenvalue weighted by Crippen LogP contribution is 2.23. The van der Waals surface area contributed by atoms with Crippen LogP contribution >= 0.6 is 11.3 Å². The number of nitrogens with zero attached hydrogens (tertiary/aromatic N) is 1. The fourth-order valence-corrected chi connectivity index (χ4v) is 1.91. The molecule has 1 heterocycles. The molecule has 13 heavy (non-hydrogen) atoms. The molecule has 0 fully saturated rings. The Morgan fingerprint density at radius 2 is 2.31 bits per heavy atom. The van der Waals surface area contributed by atoms with Crippen LogP contribution in [0, 0.1) is 0 Å². The molecule has 0 saturated heterocycles. The van der Waals surface area contributed by atoms with Crippen molar-refractivity contribution in [3.63, 3.8) is 0 Å². The number of thiazole rings is 1. The average Bonchev–Trinajstić information content (AvgIpc) is 2.56. The van der Waals surface area contributed by atoms with E-state index in [0.717, 1.165) is 10.7 Å². The number of nitrogens with two attached hydrogens (primary N) is 1. The molecule has 2 rings (SSSR count). The Balaban J connectivity index is 2.30. The van der Waals surface area contributed by atoms with Gasteiger partial charge in [-0.2, -0.15) is 0 Å². The molecule has 0 amide bonds. The van der Waals surface area contributed by atoms with E-state index in [1.165, 1.54) is 0 Å². The molecule has 1 atom stereocenters. The summed E-state index contributed by atoms with van der Waals surface area (Å²) in [7, 11) is 0. The standard InChI is InChI=1S/C10H10N2S/c11-9-4-2-1-3-8(7-9)10-12-5-6-13-10/h1-8H,11H2. The molecule has 1 aliphatic rings. The first kappa shape index (κ1) is 8.26. The van der Waals surface area contributed by atoms with E-state index in [9.17, 15) is 0 Å². The molecule has 1 aromatic heterocycles. The molecule has 1 aliphatic carbocycles. The van der Waals surface area contributed by atoms with Gasteiger partial charge in [-0.05, 0) is 12.2 Å². The van der Waals surface area contributed by atoms with E-state index < -0.39 is 0 Å². The van der Waals surface area contributed by atoms with Crippen molar-refractivity contribution in [2.45, 2.75) is 5.92 Å². The molecule has 0 radical (unpaired) electrons. The van der Waals surface area contributed by atoms with Crippen LogP contribution in [-0.2, 0) is 0 Å². The first-order valence-corrected chi connectivity index (χ1v) is 4.96. The quantitative estimate of drug-likeness (QED) is 0.737. The first-order chi connectivity index (χ1) is 6.36. The van der Waals surface area contributed by atoms with Crippen molar-refractivity contribution in [2.75, 3.05) is 0 Å². The third kappa shape index (κ3) is 1.87. The second-order valence-corrected chi connectivity index (χ2v) is 3.73. The van der Waals surface area contributed by atoms with Crippen molar-refractivity contribution in [3.8, 4) is 0 Å². The molecule has 0 aromatic carbocycles. The topological polar surface area (TPSA) is 38.9 Å². The smallest absolute Gasteiger partial charge is 0.103 e. The SMILES string of the molecule is NC1=CC(c2nccs2)C=CC=C1. The van der Waals surface area contributed by atoms with Crippen LogP contribution in [0.4, 0.5) is 0 Å². The van der Waals surface area contributed by atoms with Crippen LogP contribution in [0.1, 0.15) is 10.9 Å². The van der Waals surface area contributed by atoms with E-state index in [-0.39, 0.29) is 5.92 Å². The molecule has 0 saturated carbocycles. The second-order valence-electron chi connectivity index (χ2n) is 2.81. The largest absolute Gasteiger partial charge is 0.399 e. The Hall–Kier alpha value is -1.35. The molecule has 0 bridgehead atoms. The predicted molar refractivity (Wildman–Crippen MR) is 55.4 cm³/mol. The lowest BCUT2D eigenvalue weighted by molar-refractivity contribution is 1.03. The van der Waals surface area contributed by atoms with Crippen LogP contribution in [0.15, 0.2) is 47.7 Å². The summed E-state index contributed by atoms with van der Waals surface area (Å²) in [5.74, 6) is 0.231. The van der Waals surface area contributed by atoms with E-state index in [0.29, 0.717) is 0 Å². The first-order valence-electron chi connectivity index (χ1n) is 4.08. The maximum atomic E-state index is 5.74. The lowest BCUT2D eigenvalue weighted by Gasteiger charge is -2.02. The van der Waals surface area contributed by atoms with Crippen LogP contribution in [0.2, 0.25) is 0 Å². The van der Waals surface area contributed by atoms with Gasteiger partial charge in [0, 0.05) is 23.2 Å². The van der Waals surface area contributed by atoms with Crippen molar-refractivity contribution in [3.05, 3.63) is 52.7 Å². The fraction of sp³-hybridized carbons (Fsp3) is 0.100. The average molecular weight is 190 g/mol. The highest BCUT2D eigenvalue weighted by atomic mass is 32.1. The van der Waals surface area contributed by atoms with E-state index in [1.54, 1.807) is 11.3 Å². The summed E-state index contributed by atoms with van der Waals surface area (Å²) < 4.78 is 0. The summed E-state index contributed by atoms with van der Waals surface area (Å²) >= 11 is 1.65. The summed E-state index contributed by atoms with van der Waals surface area (Å²) in [5, 5.41) is 3.06. The van der Waals surface area contributed by atoms with Gasteiger partial charge in [-0.15, -0.1) is 11.3 Å². The molecule has 2 N–H and O–H groups in total. The summed E-state index contributed by atoms with van der Waals surface area (Å²) in [6.07, 6.45) is 11.8. The molecule has 0 aliphatic heterocycles. The lowest BCUT2D eigenvalue weighted by atomic mass is 10.1. The molecule has 66 valence electrons. The maximum absolute atomic E-state index is 5.74. The molecule has 3 heteroatoms. The highest BCUT2D eigenvalue weighted by molar-refractivity contribution is 7.09. The van der Waals surface area contributed by atoms with Crippen LogP contribution in [-0.4, -0.2) is 4.98 Å². The normalized spacial score (nSPS) is 21.2. The van der Waals surface area contributed by atoms with Gasteiger partial charge in [-0.1, -0.05) is 18.2 Å². The fourth-order valence-electron chi connectivity index (χ4n) is 1.22. The molecule has 1 unspecified atom stereocenters. The van der Waals surface area contributed by atoms with E-state index >= 15 is 0 Å². The number of aromatic nitrogens is 1. The summed E-state index contributed by atoms with van der Waals surface area (Å²) in [6.45, 7) is 0. The van der Waals surface area contributed by atoms with Gasteiger partial charge in [0.25, 0.3) is 0 Å². The zero-order chi connectivity index (χ0) is 9.10. The van der Waals surface area contributed by atoms with E-state index in [4.69, 9.17) is 5.73 Å². The van der Waals surface area contributed by atoms with Crippen molar-refractivity contribution < 1.29 is 0 Å². The Morgan fingerprint density at radius 3 is 3.08 bits per heavy atom. The van der Waals surface area contributed by atoms with Crippen molar-refractivity contribution in [1.29, 1.82) is 0 Å². The third-order valence-electron chi connectivity index (χ3n) is 1.83. The third-order valence-corrected chi connectivity index (χ3v) is 2.70. The van der Waals surface area contributed by atoms with Crippen molar-refractivity contribution in [1.82, 2.24) is 4.98 Å². The number of allylic oxidation sites excluding steroid dienone is 5. The van der Waals surface area contributed by atoms with Gasteiger partial charge in [-0.3, -0.25) is 0 Å². The second kappa shape index (κ2) is 3.58. The van der Waals surface area contributed by atoms with E-state index in [1.807, 2.05) is 35.9 Å². The minimum Gasteiger partial charge on any atom is -0.399 e. The van der Waals surface area contributed by atoms with Crippen molar-refractivity contribution >= 4 is 11.3 Å². The number of rotatable bonds is 1. The van der Waals surface area contributed by atoms with Gasteiger partial charge >= 0.3 is 0 Å². The zero-order valence-corrected chi connectivity index (χ0v) is 7.87. The van der Waals surface area contributed by atoms with Gasteiger partial charge in [-0.25, -0.2) is 4.98 Å². The Morgan fingerprint density at radius 1 is 1.38 bits per heavy atom. The minimum absolute atomic E-state index is 0.231. The monoisotopic (exact) mass is 190 g/mol. The zero-order valence-electron chi connectivity index (χ0n) is 7.05. The van der Waals surface area contributed by atoms with Gasteiger partial charge in [0.2, 0.25) is 0 Å². The van der Waals surface area contributed by atoms with Crippen LogP contribution in [0.25, 0.3) is 0 Å². The van der Waals surface area contributed by atoms with Crippen LogP contribution < -0.4 is 5.73 Å². The van der Waals surface area contributed by atoms with Crippen LogP contribution in [0.3, 0.4) is 0 Å². The molecule has 0 spiro atoms. The Labute approximate surface area is 81.1 Å². The predicted octanol–water partition coefficient (Wildman–Crippen LogP) is 2.20. The summed E-state index contributed by atoms with van der Waals surface area (Å²) in [6, 6.07) is 0.